The highest BCUT2D eigenvalue weighted by Gasteiger charge is 2.14. The molecule has 1 aromatic heterocycles. The van der Waals surface area contributed by atoms with Crippen LogP contribution in [0.4, 0.5) is 0 Å². The van der Waals surface area contributed by atoms with Crippen molar-refractivity contribution in [1.29, 1.82) is 0 Å². The van der Waals surface area contributed by atoms with Gasteiger partial charge in [-0.05, 0) is 55.2 Å². The summed E-state index contributed by atoms with van der Waals surface area (Å²) in [5.74, 6) is 0.162. The Balaban J connectivity index is 1.60. The van der Waals surface area contributed by atoms with Gasteiger partial charge in [0.05, 0.1) is 6.42 Å². The quantitative estimate of drug-likeness (QED) is 0.756. The number of hydrogen-bond donors (Lipinski definition) is 2. The van der Waals surface area contributed by atoms with Gasteiger partial charge in [-0.3, -0.25) is 4.79 Å². The van der Waals surface area contributed by atoms with Crippen molar-refractivity contribution in [2.75, 3.05) is 6.54 Å². The zero-order valence-corrected chi connectivity index (χ0v) is 13.8. The molecule has 0 radical (unpaired) electrons. The van der Waals surface area contributed by atoms with Crippen molar-refractivity contribution in [3.05, 3.63) is 58.8 Å². The van der Waals surface area contributed by atoms with Gasteiger partial charge in [-0.15, -0.1) is 0 Å². The summed E-state index contributed by atoms with van der Waals surface area (Å²) in [5, 5.41) is 17.1. The smallest absolute Gasteiger partial charge is 0.226 e. The van der Waals surface area contributed by atoms with Gasteiger partial charge in [0.1, 0.15) is 11.4 Å². The molecule has 1 amide bonds. The average molecular weight is 324 g/mol. The molecule has 5 nitrogen and oxygen atoms in total. The SMILES string of the molecule is Cc1cc(C)c2onc(CC(=O)NCCc3ccc(O)cc3)c2c1. The lowest BCUT2D eigenvalue weighted by Gasteiger charge is -2.05. The topological polar surface area (TPSA) is 75.4 Å². The number of aromatic nitrogens is 1. The fourth-order valence-electron chi connectivity index (χ4n) is 2.79. The molecule has 0 fully saturated rings. The van der Waals surface area contributed by atoms with E-state index in [9.17, 15) is 9.90 Å². The minimum Gasteiger partial charge on any atom is -0.508 e. The molecule has 24 heavy (non-hydrogen) atoms. The van der Waals surface area contributed by atoms with Crippen LogP contribution in [0.3, 0.4) is 0 Å². The number of rotatable bonds is 5. The molecule has 2 aromatic carbocycles. The number of fused-ring (bicyclic) bond motifs is 1. The number of phenolic OH excluding ortho intramolecular Hbond substituents is 1. The van der Waals surface area contributed by atoms with Crippen LogP contribution in [-0.2, 0) is 17.6 Å². The minimum atomic E-state index is -0.0804. The van der Waals surface area contributed by atoms with E-state index in [1.54, 1.807) is 12.1 Å². The van der Waals surface area contributed by atoms with Gasteiger partial charge in [0, 0.05) is 11.9 Å². The Morgan fingerprint density at radius 1 is 1.21 bits per heavy atom. The lowest BCUT2D eigenvalue weighted by Crippen LogP contribution is -2.27. The zero-order valence-electron chi connectivity index (χ0n) is 13.8. The summed E-state index contributed by atoms with van der Waals surface area (Å²) in [4.78, 5) is 12.1. The molecule has 3 aromatic rings. The number of nitrogens with one attached hydrogen (secondary N) is 1. The van der Waals surface area contributed by atoms with E-state index in [1.165, 1.54) is 0 Å². The maximum absolute atomic E-state index is 12.1. The molecule has 0 atom stereocenters. The van der Waals surface area contributed by atoms with Crippen LogP contribution in [0.15, 0.2) is 40.9 Å². The van der Waals surface area contributed by atoms with E-state index in [0.717, 1.165) is 27.7 Å². The van der Waals surface area contributed by atoms with Crippen molar-refractivity contribution in [1.82, 2.24) is 10.5 Å². The van der Waals surface area contributed by atoms with Gasteiger partial charge in [0.25, 0.3) is 0 Å². The summed E-state index contributed by atoms with van der Waals surface area (Å²) in [5.41, 5.74) is 4.62. The predicted octanol–water partition coefficient (Wildman–Crippen LogP) is 3.05. The molecule has 5 heteroatoms. The summed E-state index contributed by atoms with van der Waals surface area (Å²) in [6.07, 6.45) is 0.912. The highest BCUT2D eigenvalue weighted by molar-refractivity contribution is 5.88. The van der Waals surface area contributed by atoms with E-state index >= 15 is 0 Å². The van der Waals surface area contributed by atoms with E-state index in [-0.39, 0.29) is 18.1 Å². The van der Waals surface area contributed by atoms with Crippen LogP contribution in [-0.4, -0.2) is 22.7 Å². The summed E-state index contributed by atoms with van der Waals surface area (Å²) < 4.78 is 5.37. The van der Waals surface area contributed by atoms with E-state index in [2.05, 4.69) is 10.5 Å². The van der Waals surface area contributed by atoms with Crippen LogP contribution in [0.2, 0.25) is 0 Å². The monoisotopic (exact) mass is 324 g/mol. The number of aromatic hydroxyl groups is 1. The maximum atomic E-state index is 12.1. The van der Waals surface area contributed by atoms with Crippen LogP contribution < -0.4 is 5.32 Å². The van der Waals surface area contributed by atoms with Crippen molar-refractivity contribution in [2.45, 2.75) is 26.7 Å². The van der Waals surface area contributed by atoms with Gasteiger partial charge >= 0.3 is 0 Å². The first-order chi connectivity index (χ1) is 11.5. The molecule has 2 N–H and O–H groups in total. The fourth-order valence-corrected chi connectivity index (χ4v) is 2.79. The molecular formula is C19H20N2O3. The fraction of sp³-hybridized carbons (Fsp3) is 0.263. The molecule has 0 aliphatic carbocycles. The van der Waals surface area contributed by atoms with Gasteiger partial charge in [0.15, 0.2) is 5.58 Å². The van der Waals surface area contributed by atoms with E-state index in [4.69, 9.17) is 4.52 Å². The number of amides is 1. The average Bonchev–Trinajstić information content (AvgIpc) is 2.92. The Morgan fingerprint density at radius 3 is 2.71 bits per heavy atom. The van der Waals surface area contributed by atoms with Gasteiger partial charge in [-0.1, -0.05) is 23.4 Å². The highest BCUT2D eigenvalue weighted by atomic mass is 16.5. The number of carbonyl (C=O) groups excluding carboxylic acids is 1. The molecule has 0 saturated carbocycles. The first kappa shape index (κ1) is 16.1. The van der Waals surface area contributed by atoms with Crippen molar-refractivity contribution in [2.24, 2.45) is 0 Å². The third-order valence-electron chi connectivity index (χ3n) is 3.98. The largest absolute Gasteiger partial charge is 0.508 e. The summed E-state index contributed by atoms with van der Waals surface area (Å²) >= 11 is 0. The second-order valence-electron chi connectivity index (χ2n) is 6.03. The van der Waals surface area contributed by atoms with Crippen molar-refractivity contribution >= 4 is 16.9 Å². The number of carbonyl (C=O) groups is 1. The van der Waals surface area contributed by atoms with Crippen LogP contribution in [0, 0.1) is 13.8 Å². The third-order valence-corrected chi connectivity index (χ3v) is 3.98. The molecule has 1 heterocycles. The Kier molecular flexibility index (Phi) is 4.51. The number of benzene rings is 2. The van der Waals surface area contributed by atoms with Crippen LogP contribution in [0.1, 0.15) is 22.4 Å². The molecule has 0 aliphatic rings. The first-order valence-electron chi connectivity index (χ1n) is 7.93. The first-order valence-corrected chi connectivity index (χ1v) is 7.93. The predicted molar refractivity (Wildman–Crippen MR) is 92.0 cm³/mol. The van der Waals surface area contributed by atoms with Gasteiger partial charge in [-0.2, -0.15) is 0 Å². The van der Waals surface area contributed by atoms with Crippen LogP contribution >= 0.6 is 0 Å². The summed E-state index contributed by atoms with van der Waals surface area (Å²) in [7, 11) is 0. The van der Waals surface area contributed by atoms with Crippen molar-refractivity contribution in [3.8, 4) is 5.75 Å². The van der Waals surface area contributed by atoms with Crippen LogP contribution in [0.5, 0.6) is 5.75 Å². The van der Waals surface area contributed by atoms with Crippen LogP contribution in [0.25, 0.3) is 11.0 Å². The Bertz CT molecular complexity index is 866. The van der Waals surface area contributed by atoms with Gasteiger partial charge < -0.3 is 14.9 Å². The molecule has 0 unspecified atom stereocenters. The number of hydrogen-bond acceptors (Lipinski definition) is 4. The van der Waals surface area contributed by atoms with Crippen molar-refractivity contribution < 1.29 is 14.4 Å². The maximum Gasteiger partial charge on any atom is 0.226 e. The Labute approximate surface area is 140 Å². The second-order valence-corrected chi connectivity index (χ2v) is 6.03. The Morgan fingerprint density at radius 2 is 1.96 bits per heavy atom. The normalized spacial score (nSPS) is 10.9. The second kappa shape index (κ2) is 6.74. The lowest BCUT2D eigenvalue weighted by molar-refractivity contribution is -0.120. The summed E-state index contributed by atoms with van der Waals surface area (Å²) in [6, 6.07) is 11.0. The number of nitrogens with zero attached hydrogens (tertiary/aromatic N) is 1. The van der Waals surface area contributed by atoms with Crippen molar-refractivity contribution in [3.63, 3.8) is 0 Å². The minimum absolute atomic E-state index is 0.0804. The molecule has 0 bridgehead atoms. The molecule has 0 saturated heterocycles. The van der Waals surface area contributed by atoms with Gasteiger partial charge in [-0.25, -0.2) is 0 Å². The zero-order chi connectivity index (χ0) is 17.1. The lowest BCUT2D eigenvalue weighted by atomic mass is 10.1. The number of phenols is 1. The summed E-state index contributed by atoms with van der Waals surface area (Å²) in [6.45, 7) is 4.53. The molecule has 0 aliphatic heterocycles. The Hall–Kier alpha value is -2.82. The highest BCUT2D eigenvalue weighted by Crippen LogP contribution is 2.24. The number of aryl methyl sites for hydroxylation is 2. The molecule has 124 valence electrons. The van der Waals surface area contributed by atoms with Gasteiger partial charge in [0.2, 0.25) is 5.91 Å². The third kappa shape index (κ3) is 3.56. The van der Waals surface area contributed by atoms with E-state index < -0.39 is 0 Å². The molecular weight excluding hydrogens is 304 g/mol. The standard InChI is InChI=1S/C19H20N2O3/c1-12-9-13(2)19-16(10-12)17(21-24-19)11-18(23)20-8-7-14-3-5-15(22)6-4-14/h3-6,9-10,22H,7-8,11H2,1-2H3,(H,20,23). The van der Waals surface area contributed by atoms with E-state index in [1.807, 2.05) is 38.1 Å². The van der Waals surface area contributed by atoms with E-state index in [0.29, 0.717) is 18.7 Å². The molecule has 3 rings (SSSR count). The molecule has 0 spiro atoms.